The van der Waals surface area contributed by atoms with Gasteiger partial charge in [-0.15, -0.1) is 0 Å². The van der Waals surface area contributed by atoms with Crippen molar-refractivity contribution in [3.05, 3.63) is 70.3 Å². The lowest BCUT2D eigenvalue weighted by atomic mass is 10.1. The van der Waals surface area contributed by atoms with Crippen molar-refractivity contribution in [2.75, 3.05) is 0 Å². The third-order valence-corrected chi connectivity index (χ3v) is 3.18. The van der Waals surface area contributed by atoms with Crippen molar-refractivity contribution >= 4 is 12.1 Å². The van der Waals surface area contributed by atoms with E-state index in [9.17, 15) is 4.79 Å². The second-order valence-corrected chi connectivity index (χ2v) is 4.87. The molecule has 0 spiro atoms. The summed E-state index contributed by atoms with van der Waals surface area (Å²) in [5.74, 6) is -0.191. The van der Waals surface area contributed by atoms with Gasteiger partial charge in [-0.05, 0) is 43.5 Å². The zero-order chi connectivity index (χ0) is 14.5. The molecule has 0 saturated carbocycles. The van der Waals surface area contributed by atoms with E-state index in [1.165, 1.54) is 5.56 Å². The Kier molecular flexibility index (Phi) is 4.31. The predicted molar refractivity (Wildman–Crippen MR) is 82.2 cm³/mol. The van der Waals surface area contributed by atoms with Gasteiger partial charge in [0, 0.05) is 5.56 Å². The molecule has 20 heavy (non-hydrogen) atoms. The maximum atomic E-state index is 12.0. The average Bonchev–Trinajstić information content (AvgIpc) is 2.41. The molecule has 0 aliphatic carbocycles. The summed E-state index contributed by atoms with van der Waals surface area (Å²) in [5.41, 5.74) is 7.49. The molecule has 2 aromatic carbocycles. The van der Waals surface area contributed by atoms with Gasteiger partial charge in [-0.2, -0.15) is 5.10 Å². The van der Waals surface area contributed by atoms with Crippen molar-refractivity contribution in [3.8, 4) is 0 Å². The first-order valence-electron chi connectivity index (χ1n) is 6.54. The van der Waals surface area contributed by atoms with E-state index in [4.69, 9.17) is 0 Å². The lowest BCUT2D eigenvalue weighted by molar-refractivity contribution is 0.0954. The largest absolute Gasteiger partial charge is 0.271 e. The number of nitrogens with one attached hydrogen (secondary N) is 1. The summed E-state index contributed by atoms with van der Waals surface area (Å²) in [4.78, 5) is 12.0. The van der Waals surface area contributed by atoms with Crippen molar-refractivity contribution in [1.82, 2.24) is 5.43 Å². The van der Waals surface area contributed by atoms with Crippen LogP contribution in [0.2, 0.25) is 0 Å². The highest BCUT2D eigenvalue weighted by Crippen LogP contribution is 2.08. The van der Waals surface area contributed by atoms with E-state index in [2.05, 4.69) is 16.6 Å². The topological polar surface area (TPSA) is 41.5 Å². The van der Waals surface area contributed by atoms with Crippen molar-refractivity contribution in [2.24, 2.45) is 5.10 Å². The van der Waals surface area contributed by atoms with E-state index < -0.39 is 0 Å². The predicted octanol–water partition coefficient (Wildman–Crippen LogP) is 3.38. The molecule has 2 aromatic rings. The SMILES string of the molecule is Cc1ccc(C=NNC(=O)c2ccccc2C)c(C)c1. The average molecular weight is 266 g/mol. The Morgan fingerprint density at radius 2 is 1.80 bits per heavy atom. The van der Waals surface area contributed by atoms with Crippen molar-refractivity contribution in [2.45, 2.75) is 20.8 Å². The molecule has 3 nitrogen and oxygen atoms in total. The molecule has 102 valence electrons. The molecule has 0 atom stereocenters. The lowest BCUT2D eigenvalue weighted by Gasteiger charge is -2.04. The molecule has 0 aromatic heterocycles. The minimum absolute atomic E-state index is 0.191. The molecule has 0 bridgehead atoms. The molecule has 1 N–H and O–H groups in total. The Hall–Kier alpha value is -2.42. The van der Waals surface area contributed by atoms with Gasteiger partial charge in [0.05, 0.1) is 6.21 Å². The molecule has 0 aliphatic rings. The van der Waals surface area contributed by atoms with E-state index in [-0.39, 0.29) is 5.91 Å². The summed E-state index contributed by atoms with van der Waals surface area (Å²) in [5, 5.41) is 4.02. The molecule has 0 unspecified atom stereocenters. The molecule has 0 saturated heterocycles. The van der Waals surface area contributed by atoms with Crippen molar-refractivity contribution in [3.63, 3.8) is 0 Å². The summed E-state index contributed by atoms with van der Waals surface area (Å²) < 4.78 is 0. The quantitative estimate of drug-likeness (QED) is 0.671. The fourth-order valence-electron chi connectivity index (χ4n) is 2.02. The second-order valence-electron chi connectivity index (χ2n) is 4.87. The normalized spacial score (nSPS) is 10.8. The van der Waals surface area contributed by atoms with Crippen molar-refractivity contribution in [1.29, 1.82) is 0 Å². The number of benzene rings is 2. The van der Waals surface area contributed by atoms with E-state index in [0.29, 0.717) is 5.56 Å². The van der Waals surface area contributed by atoms with Crippen LogP contribution in [0.25, 0.3) is 0 Å². The van der Waals surface area contributed by atoms with Crippen LogP contribution in [0, 0.1) is 20.8 Å². The van der Waals surface area contributed by atoms with Crippen LogP contribution in [-0.2, 0) is 0 Å². The first-order chi connectivity index (χ1) is 9.58. The number of aryl methyl sites for hydroxylation is 3. The highest BCUT2D eigenvalue weighted by atomic mass is 16.2. The Bertz CT molecular complexity index is 660. The zero-order valence-electron chi connectivity index (χ0n) is 12.0. The van der Waals surface area contributed by atoms with E-state index in [1.54, 1.807) is 12.3 Å². The van der Waals surface area contributed by atoms with Gasteiger partial charge in [-0.3, -0.25) is 4.79 Å². The van der Waals surface area contributed by atoms with Crippen LogP contribution in [0.3, 0.4) is 0 Å². The molecule has 0 radical (unpaired) electrons. The molecule has 0 aliphatic heterocycles. The molecular formula is C17H18N2O. The van der Waals surface area contributed by atoms with Crippen LogP contribution in [0.1, 0.15) is 32.6 Å². The van der Waals surface area contributed by atoms with Gasteiger partial charge >= 0.3 is 0 Å². The van der Waals surface area contributed by atoms with Gasteiger partial charge in [-0.25, -0.2) is 5.43 Å². The monoisotopic (exact) mass is 266 g/mol. The Labute approximate surface area is 119 Å². The molecular weight excluding hydrogens is 248 g/mol. The number of carbonyl (C=O) groups is 1. The van der Waals surface area contributed by atoms with Crippen LogP contribution in [0.15, 0.2) is 47.6 Å². The summed E-state index contributed by atoms with van der Waals surface area (Å²) in [7, 11) is 0. The zero-order valence-corrected chi connectivity index (χ0v) is 12.0. The van der Waals surface area contributed by atoms with Gasteiger partial charge in [-0.1, -0.05) is 42.0 Å². The molecule has 1 amide bonds. The number of hydrazone groups is 1. The summed E-state index contributed by atoms with van der Waals surface area (Å²) in [6, 6.07) is 13.6. The summed E-state index contributed by atoms with van der Waals surface area (Å²) >= 11 is 0. The fourth-order valence-corrected chi connectivity index (χ4v) is 2.02. The fraction of sp³-hybridized carbons (Fsp3) is 0.176. The number of amides is 1. The molecule has 2 rings (SSSR count). The van der Waals surface area contributed by atoms with E-state index in [1.807, 2.05) is 51.1 Å². The van der Waals surface area contributed by atoms with Crippen LogP contribution in [0.4, 0.5) is 0 Å². The molecule has 0 fully saturated rings. The number of hydrogen-bond acceptors (Lipinski definition) is 2. The van der Waals surface area contributed by atoms with Crippen LogP contribution in [0.5, 0.6) is 0 Å². The Morgan fingerprint density at radius 1 is 1.05 bits per heavy atom. The summed E-state index contributed by atoms with van der Waals surface area (Å²) in [6.07, 6.45) is 1.67. The first-order valence-corrected chi connectivity index (χ1v) is 6.54. The van der Waals surface area contributed by atoms with Gasteiger partial charge in [0.15, 0.2) is 0 Å². The minimum Gasteiger partial charge on any atom is -0.267 e. The second kappa shape index (κ2) is 6.15. The Balaban J connectivity index is 2.07. The van der Waals surface area contributed by atoms with Crippen molar-refractivity contribution < 1.29 is 4.79 Å². The molecule has 0 heterocycles. The van der Waals surface area contributed by atoms with Gasteiger partial charge in [0.2, 0.25) is 0 Å². The third kappa shape index (κ3) is 3.32. The first kappa shape index (κ1) is 14.0. The highest BCUT2D eigenvalue weighted by molar-refractivity contribution is 5.96. The van der Waals surface area contributed by atoms with Gasteiger partial charge in [0.1, 0.15) is 0 Å². The van der Waals surface area contributed by atoms with Crippen LogP contribution < -0.4 is 5.43 Å². The lowest BCUT2D eigenvalue weighted by Crippen LogP contribution is -2.18. The Morgan fingerprint density at radius 3 is 2.50 bits per heavy atom. The van der Waals surface area contributed by atoms with Crippen LogP contribution >= 0.6 is 0 Å². The maximum Gasteiger partial charge on any atom is 0.271 e. The summed E-state index contributed by atoms with van der Waals surface area (Å²) in [6.45, 7) is 5.98. The van der Waals surface area contributed by atoms with Crippen LogP contribution in [-0.4, -0.2) is 12.1 Å². The smallest absolute Gasteiger partial charge is 0.267 e. The standard InChI is InChI=1S/C17H18N2O/c1-12-8-9-15(14(3)10-12)11-18-19-17(20)16-7-5-4-6-13(16)2/h4-11H,1-3H3,(H,19,20). The number of nitrogens with zero attached hydrogens (tertiary/aromatic N) is 1. The van der Waals surface area contributed by atoms with E-state index >= 15 is 0 Å². The maximum absolute atomic E-state index is 12.0. The molecule has 3 heteroatoms. The number of carbonyl (C=O) groups excluding carboxylic acids is 1. The van der Waals surface area contributed by atoms with Gasteiger partial charge < -0.3 is 0 Å². The minimum atomic E-state index is -0.191. The number of hydrogen-bond donors (Lipinski definition) is 1. The van der Waals surface area contributed by atoms with E-state index in [0.717, 1.165) is 16.7 Å². The van der Waals surface area contributed by atoms with Gasteiger partial charge in [0.25, 0.3) is 5.91 Å². The third-order valence-electron chi connectivity index (χ3n) is 3.18. The highest BCUT2D eigenvalue weighted by Gasteiger charge is 2.06. The number of rotatable bonds is 3.